The van der Waals surface area contributed by atoms with E-state index in [-0.39, 0.29) is 24.3 Å². The Morgan fingerprint density at radius 3 is 2.62 bits per heavy atom. The molecule has 1 aliphatic carbocycles. The lowest BCUT2D eigenvalue weighted by Crippen LogP contribution is -2.36. The van der Waals surface area contributed by atoms with Crippen LogP contribution in [0.3, 0.4) is 0 Å². The number of esters is 1. The van der Waals surface area contributed by atoms with Crippen molar-refractivity contribution >= 4 is 11.7 Å². The van der Waals surface area contributed by atoms with Crippen molar-refractivity contribution in [2.75, 3.05) is 0 Å². The molecule has 7 nitrogen and oxygen atoms in total. The van der Waals surface area contributed by atoms with Crippen LogP contribution in [0.5, 0.6) is 0 Å². The summed E-state index contributed by atoms with van der Waals surface area (Å²) < 4.78 is 7.10. The van der Waals surface area contributed by atoms with E-state index in [0.717, 1.165) is 12.8 Å². The van der Waals surface area contributed by atoms with E-state index >= 15 is 0 Å². The van der Waals surface area contributed by atoms with Crippen molar-refractivity contribution in [3.63, 3.8) is 0 Å². The summed E-state index contributed by atoms with van der Waals surface area (Å²) in [7, 11) is 0. The Hall–Kier alpha value is -1.92. The Morgan fingerprint density at radius 2 is 2.08 bits per heavy atom. The van der Waals surface area contributed by atoms with E-state index in [0.29, 0.717) is 29.1 Å². The highest BCUT2D eigenvalue weighted by Crippen LogP contribution is 2.35. The summed E-state index contributed by atoms with van der Waals surface area (Å²) in [5, 5.41) is 15.2. The van der Waals surface area contributed by atoms with Crippen molar-refractivity contribution in [2.24, 2.45) is 17.8 Å². The van der Waals surface area contributed by atoms with Crippen molar-refractivity contribution in [3.8, 4) is 0 Å². The maximum Gasteiger partial charge on any atom is 0.328 e. The molecule has 0 aromatic carbocycles. The van der Waals surface area contributed by atoms with Crippen LogP contribution in [0.4, 0.5) is 5.69 Å². The molecule has 0 radical (unpaired) electrons. The summed E-state index contributed by atoms with van der Waals surface area (Å²) in [6.45, 7) is 9.59. The predicted molar refractivity (Wildman–Crippen MR) is 89.6 cm³/mol. The summed E-state index contributed by atoms with van der Waals surface area (Å²) in [4.78, 5) is 22.9. The Kier molecular flexibility index (Phi) is 5.62. The summed E-state index contributed by atoms with van der Waals surface area (Å²) >= 11 is 0. The molecule has 0 saturated heterocycles. The number of nitro groups is 1. The molecule has 0 amide bonds. The van der Waals surface area contributed by atoms with Crippen molar-refractivity contribution in [1.82, 2.24) is 9.78 Å². The number of hydrogen-bond donors (Lipinski definition) is 0. The van der Waals surface area contributed by atoms with Crippen LogP contribution >= 0.6 is 0 Å². The monoisotopic (exact) mass is 337 g/mol. The van der Waals surface area contributed by atoms with Gasteiger partial charge in [-0.3, -0.25) is 19.6 Å². The first-order valence-electron chi connectivity index (χ1n) is 8.58. The number of aryl methyl sites for hydroxylation is 1. The van der Waals surface area contributed by atoms with Crippen molar-refractivity contribution in [1.29, 1.82) is 0 Å². The lowest BCUT2D eigenvalue weighted by Gasteiger charge is -2.36. The molecular formula is C17H27N3O4. The third-order valence-corrected chi connectivity index (χ3v) is 5.05. The van der Waals surface area contributed by atoms with E-state index in [9.17, 15) is 14.9 Å². The van der Waals surface area contributed by atoms with E-state index in [4.69, 9.17) is 4.74 Å². The quantitative estimate of drug-likeness (QED) is 0.467. The minimum Gasteiger partial charge on any atom is -0.461 e. The van der Waals surface area contributed by atoms with E-state index in [1.165, 1.54) is 11.1 Å². The molecule has 0 unspecified atom stereocenters. The minimum atomic E-state index is -0.461. The van der Waals surface area contributed by atoms with Gasteiger partial charge in [-0.2, -0.15) is 5.10 Å². The Balaban J connectivity index is 2.07. The SMILES string of the molecule is Cc1nn(CC(=O)O[C@H]2C[C@H](C)CC[C@H]2C(C)C)c(C)c1[N+](=O)[O-]. The van der Waals surface area contributed by atoms with Gasteiger partial charge in [0.15, 0.2) is 0 Å². The fourth-order valence-electron chi connectivity index (χ4n) is 3.68. The van der Waals surface area contributed by atoms with Crippen LogP contribution in [0, 0.1) is 41.7 Å². The highest BCUT2D eigenvalue weighted by molar-refractivity contribution is 5.69. The van der Waals surface area contributed by atoms with Crippen molar-refractivity contribution in [3.05, 3.63) is 21.5 Å². The number of ether oxygens (including phenoxy) is 1. The van der Waals surface area contributed by atoms with Crippen LogP contribution in [0.25, 0.3) is 0 Å². The zero-order valence-corrected chi connectivity index (χ0v) is 15.1. The first-order chi connectivity index (χ1) is 11.2. The van der Waals surface area contributed by atoms with E-state index in [2.05, 4.69) is 25.9 Å². The molecule has 1 saturated carbocycles. The highest BCUT2D eigenvalue weighted by Gasteiger charge is 2.33. The zero-order chi connectivity index (χ0) is 18.0. The molecule has 2 rings (SSSR count). The van der Waals surface area contributed by atoms with Gasteiger partial charge in [-0.15, -0.1) is 0 Å². The summed E-state index contributed by atoms with van der Waals surface area (Å²) in [6.07, 6.45) is 3.04. The first kappa shape index (κ1) is 18.4. The van der Waals surface area contributed by atoms with Crippen molar-refractivity contribution in [2.45, 2.75) is 66.5 Å². The largest absolute Gasteiger partial charge is 0.461 e. The second kappa shape index (κ2) is 7.32. The van der Waals surface area contributed by atoms with Gasteiger partial charge in [-0.25, -0.2) is 0 Å². The molecule has 0 spiro atoms. The Morgan fingerprint density at radius 1 is 1.42 bits per heavy atom. The van der Waals surface area contributed by atoms with Gasteiger partial charge in [-0.1, -0.05) is 27.2 Å². The maximum atomic E-state index is 12.3. The molecule has 1 aliphatic rings. The average molecular weight is 337 g/mol. The normalized spacial score (nSPS) is 24.2. The van der Waals surface area contributed by atoms with E-state index in [1.807, 2.05) is 0 Å². The van der Waals surface area contributed by atoms with Crippen LogP contribution in [0.15, 0.2) is 0 Å². The third-order valence-electron chi connectivity index (χ3n) is 5.05. The van der Waals surface area contributed by atoms with Gasteiger partial charge in [0.1, 0.15) is 24.0 Å². The lowest BCUT2D eigenvalue weighted by atomic mass is 9.75. The minimum absolute atomic E-state index is 0.0332. The average Bonchev–Trinajstić information content (AvgIpc) is 2.72. The molecule has 134 valence electrons. The van der Waals surface area contributed by atoms with Crippen LogP contribution in [0.1, 0.15) is 51.4 Å². The Labute approximate surface area is 142 Å². The van der Waals surface area contributed by atoms with E-state index < -0.39 is 4.92 Å². The van der Waals surface area contributed by atoms with E-state index in [1.54, 1.807) is 13.8 Å². The molecule has 1 fully saturated rings. The van der Waals surface area contributed by atoms with Gasteiger partial charge < -0.3 is 4.74 Å². The summed E-state index contributed by atoms with van der Waals surface area (Å²) in [5.74, 6) is 1.01. The molecule has 0 N–H and O–H groups in total. The molecule has 1 aromatic heterocycles. The lowest BCUT2D eigenvalue weighted by molar-refractivity contribution is -0.386. The van der Waals surface area contributed by atoms with Crippen LogP contribution in [0.2, 0.25) is 0 Å². The van der Waals surface area contributed by atoms with Gasteiger partial charge >= 0.3 is 11.7 Å². The first-order valence-corrected chi connectivity index (χ1v) is 8.58. The molecule has 1 aromatic rings. The second-order valence-corrected chi connectivity index (χ2v) is 7.29. The van der Waals surface area contributed by atoms with Gasteiger partial charge in [0.2, 0.25) is 0 Å². The number of carbonyl (C=O) groups is 1. The zero-order valence-electron chi connectivity index (χ0n) is 15.1. The van der Waals surface area contributed by atoms with Crippen LogP contribution in [-0.2, 0) is 16.1 Å². The number of rotatable bonds is 5. The molecule has 24 heavy (non-hydrogen) atoms. The topological polar surface area (TPSA) is 87.3 Å². The predicted octanol–water partition coefficient (Wildman–Crippen LogP) is 3.41. The third kappa shape index (κ3) is 3.94. The summed E-state index contributed by atoms with van der Waals surface area (Å²) in [5.41, 5.74) is 0.665. The highest BCUT2D eigenvalue weighted by atomic mass is 16.6. The maximum absolute atomic E-state index is 12.3. The smallest absolute Gasteiger partial charge is 0.328 e. The van der Waals surface area contributed by atoms with Gasteiger partial charge in [0.25, 0.3) is 0 Å². The second-order valence-electron chi connectivity index (χ2n) is 7.29. The van der Waals surface area contributed by atoms with Crippen LogP contribution < -0.4 is 0 Å². The molecule has 0 aliphatic heterocycles. The van der Waals surface area contributed by atoms with Gasteiger partial charge in [0.05, 0.1) is 4.92 Å². The van der Waals surface area contributed by atoms with Gasteiger partial charge in [0, 0.05) is 0 Å². The molecule has 1 heterocycles. The number of carbonyl (C=O) groups excluding carboxylic acids is 1. The fourth-order valence-corrected chi connectivity index (χ4v) is 3.68. The number of aromatic nitrogens is 2. The summed E-state index contributed by atoms with van der Waals surface area (Å²) in [6, 6.07) is 0. The Bertz CT molecular complexity index is 624. The van der Waals surface area contributed by atoms with Crippen molar-refractivity contribution < 1.29 is 14.5 Å². The van der Waals surface area contributed by atoms with Gasteiger partial charge in [-0.05, 0) is 44.4 Å². The fraction of sp³-hybridized carbons (Fsp3) is 0.765. The molecular weight excluding hydrogens is 310 g/mol. The molecule has 0 bridgehead atoms. The van der Waals surface area contributed by atoms with Crippen LogP contribution in [-0.4, -0.2) is 26.8 Å². The molecule has 7 heteroatoms. The number of hydrogen-bond acceptors (Lipinski definition) is 5. The number of nitrogens with zero attached hydrogens (tertiary/aromatic N) is 3. The standard InChI is InChI=1S/C17H27N3O4/c1-10(2)14-7-6-11(3)8-15(14)24-16(21)9-19-13(5)17(20(22)23)12(4)18-19/h10-11,14-15H,6-9H2,1-5H3/t11-,14+,15+/m1/s1. The molecule has 3 atom stereocenters.